The van der Waals surface area contributed by atoms with Gasteiger partial charge in [-0.1, -0.05) is 36.4 Å². The van der Waals surface area contributed by atoms with Crippen molar-refractivity contribution in [1.82, 2.24) is 0 Å². The summed E-state index contributed by atoms with van der Waals surface area (Å²) >= 11 is 1.62. The molecule has 0 bridgehead atoms. The summed E-state index contributed by atoms with van der Waals surface area (Å²) in [7, 11) is 4.61. The average Bonchev–Trinajstić information content (AvgIpc) is 1.96. The minimum absolute atomic E-state index is 1.62. The van der Waals surface area contributed by atoms with Crippen LogP contribution in [0.25, 0.3) is 0 Å². The van der Waals surface area contributed by atoms with Gasteiger partial charge in [-0.25, -0.2) is 0 Å². The topological polar surface area (TPSA) is 0 Å². The van der Waals surface area contributed by atoms with Gasteiger partial charge in [0, 0.05) is 0 Å². The first-order valence-corrected chi connectivity index (χ1v) is 4.54. The molecule has 0 heterocycles. The van der Waals surface area contributed by atoms with Gasteiger partial charge in [-0.2, -0.15) is 0 Å². The second-order valence-electron chi connectivity index (χ2n) is 1.15. The fraction of sp³-hybridized carbons (Fsp3) is 0. The Bertz CT molecular complexity index is 80.5. The van der Waals surface area contributed by atoms with Crippen LogP contribution in [0.2, 0.25) is 0 Å². The average molecular weight is 216 g/mol. The first-order valence-electron chi connectivity index (χ1n) is 2.14. The largest absolute Gasteiger partial charge is 0.0623 e. The Kier molecular flexibility index (Phi) is 7.25. The van der Waals surface area contributed by atoms with Crippen molar-refractivity contribution in [2.75, 3.05) is 0 Å². The van der Waals surface area contributed by atoms with E-state index in [4.69, 9.17) is 0 Å². The Balaban J connectivity index is 0.000000222. The zero-order valence-electron chi connectivity index (χ0n) is 4.22. The fourth-order valence-electron chi connectivity index (χ4n) is 0.385. The molecule has 0 N–H and O–H groups in total. The number of rotatable bonds is 0. The predicted octanol–water partition coefficient (Wildman–Crippen LogP) is 2.11. The maximum absolute atomic E-state index is 4.61. The Hall–Kier alpha value is 0.133. The van der Waals surface area contributed by atoms with E-state index in [9.17, 15) is 0 Å². The molecule has 0 radical (unpaired) electrons. The summed E-state index contributed by atoms with van der Waals surface area (Å²) in [4.78, 5) is 0. The van der Waals surface area contributed by atoms with Crippen molar-refractivity contribution in [3.8, 4) is 0 Å². The van der Waals surface area contributed by atoms with Gasteiger partial charge in [0.05, 0.1) is 0 Å². The smallest absolute Gasteiger partial charge is 0.0623 e. The van der Waals surface area contributed by atoms with Crippen LogP contribution in [0, 0.1) is 0 Å². The fourth-order valence-corrected chi connectivity index (χ4v) is 0.385. The SMILES string of the molecule is [Cl][RuH].c1ccccc1. The molecule has 0 saturated heterocycles. The van der Waals surface area contributed by atoms with Crippen LogP contribution in [-0.2, 0) is 17.3 Å². The van der Waals surface area contributed by atoms with Crippen molar-refractivity contribution in [3.63, 3.8) is 0 Å². The molecule has 0 fully saturated rings. The van der Waals surface area contributed by atoms with Crippen LogP contribution in [0.1, 0.15) is 0 Å². The summed E-state index contributed by atoms with van der Waals surface area (Å²) in [5, 5.41) is 0. The zero-order valence-corrected chi connectivity index (χ0v) is 6.83. The summed E-state index contributed by atoms with van der Waals surface area (Å²) < 4.78 is 0. The van der Waals surface area contributed by atoms with Crippen LogP contribution in [-0.4, -0.2) is 0 Å². The van der Waals surface area contributed by atoms with Gasteiger partial charge in [0.25, 0.3) is 0 Å². The minimum atomic E-state index is 1.62. The number of hydrogen-bond acceptors (Lipinski definition) is 0. The van der Waals surface area contributed by atoms with E-state index in [1.165, 1.54) is 0 Å². The van der Waals surface area contributed by atoms with Crippen LogP contribution in [0.4, 0.5) is 0 Å². The summed E-state index contributed by atoms with van der Waals surface area (Å²) in [6.45, 7) is 0. The molecule has 0 aliphatic heterocycles. The van der Waals surface area contributed by atoms with Crippen LogP contribution < -0.4 is 0 Å². The maximum Gasteiger partial charge on any atom is -0.0623 e. The molecule has 0 aliphatic carbocycles. The second-order valence-corrected chi connectivity index (χ2v) is 1.15. The van der Waals surface area contributed by atoms with Crippen molar-refractivity contribution < 1.29 is 17.3 Å². The zero-order chi connectivity index (χ0) is 6.24. The molecule has 0 saturated carbocycles. The van der Waals surface area contributed by atoms with Gasteiger partial charge in [-0.15, -0.1) is 0 Å². The Morgan fingerprint density at radius 2 is 0.750 bits per heavy atom. The number of hydrogen-bond donors (Lipinski definition) is 0. The van der Waals surface area contributed by atoms with E-state index in [1.807, 2.05) is 36.4 Å². The van der Waals surface area contributed by atoms with Gasteiger partial charge < -0.3 is 0 Å². The number of benzene rings is 1. The minimum Gasteiger partial charge on any atom is -0.0623 e. The third-order valence-electron chi connectivity index (χ3n) is 0.667. The Morgan fingerprint density at radius 3 is 0.875 bits per heavy atom. The summed E-state index contributed by atoms with van der Waals surface area (Å²) in [5.41, 5.74) is 0. The van der Waals surface area contributed by atoms with E-state index < -0.39 is 0 Å². The van der Waals surface area contributed by atoms with E-state index in [1.54, 1.807) is 17.3 Å². The number of halogens is 1. The van der Waals surface area contributed by atoms with Crippen LogP contribution in [0.5, 0.6) is 0 Å². The van der Waals surface area contributed by atoms with E-state index in [0.717, 1.165) is 0 Å². The van der Waals surface area contributed by atoms with Gasteiger partial charge in [0.15, 0.2) is 0 Å². The summed E-state index contributed by atoms with van der Waals surface area (Å²) in [5.74, 6) is 0. The predicted molar refractivity (Wildman–Crippen MR) is 33.7 cm³/mol. The van der Waals surface area contributed by atoms with E-state index in [-0.39, 0.29) is 0 Å². The molecule has 2 heteroatoms. The first-order chi connectivity index (χ1) is 4.00. The van der Waals surface area contributed by atoms with Crippen molar-refractivity contribution in [2.45, 2.75) is 0 Å². The molecular formula is C6H7ClRu. The summed E-state index contributed by atoms with van der Waals surface area (Å²) in [6.07, 6.45) is 0. The third kappa shape index (κ3) is 4.30. The van der Waals surface area contributed by atoms with Gasteiger partial charge in [-0.05, 0) is 0 Å². The van der Waals surface area contributed by atoms with Crippen LogP contribution in [0.3, 0.4) is 0 Å². The van der Waals surface area contributed by atoms with Crippen molar-refractivity contribution in [3.05, 3.63) is 36.4 Å². The molecule has 1 rings (SSSR count). The molecule has 0 amide bonds. The molecular weight excluding hydrogens is 209 g/mol. The van der Waals surface area contributed by atoms with E-state index in [0.29, 0.717) is 0 Å². The second kappa shape index (κ2) is 7.13. The quantitative estimate of drug-likeness (QED) is 0.582. The molecule has 0 unspecified atom stereocenters. The van der Waals surface area contributed by atoms with Gasteiger partial charge in [0.2, 0.25) is 0 Å². The van der Waals surface area contributed by atoms with Crippen LogP contribution >= 0.6 is 9.69 Å². The normalized spacial score (nSPS) is 6.88. The van der Waals surface area contributed by atoms with E-state index >= 15 is 0 Å². The van der Waals surface area contributed by atoms with Crippen LogP contribution in [0.15, 0.2) is 36.4 Å². The summed E-state index contributed by atoms with van der Waals surface area (Å²) in [6, 6.07) is 12.0. The van der Waals surface area contributed by atoms with E-state index in [2.05, 4.69) is 9.69 Å². The van der Waals surface area contributed by atoms with Gasteiger partial charge >= 0.3 is 27.0 Å². The Morgan fingerprint density at radius 1 is 0.625 bits per heavy atom. The van der Waals surface area contributed by atoms with Crippen molar-refractivity contribution >= 4 is 9.69 Å². The monoisotopic (exact) mass is 216 g/mol. The molecule has 0 aromatic heterocycles. The molecule has 0 spiro atoms. The molecule has 0 atom stereocenters. The molecule has 1 aromatic rings. The molecule has 1 aromatic carbocycles. The molecule has 0 nitrogen and oxygen atoms in total. The third-order valence-corrected chi connectivity index (χ3v) is 0.667. The van der Waals surface area contributed by atoms with Gasteiger partial charge in [0.1, 0.15) is 0 Å². The molecule has 0 aliphatic rings. The molecule has 46 valence electrons. The van der Waals surface area contributed by atoms with Gasteiger partial charge in [-0.3, -0.25) is 0 Å². The molecule has 8 heavy (non-hydrogen) atoms. The standard InChI is InChI=1S/C6H6.ClH.Ru.H/c1-2-4-6-5-3-1;;;/h1-6H;1H;;/q;;+1;/p-1. The maximum atomic E-state index is 4.61. The first kappa shape index (κ1) is 8.13. The van der Waals surface area contributed by atoms with Crippen molar-refractivity contribution in [2.24, 2.45) is 0 Å². The van der Waals surface area contributed by atoms with Crippen molar-refractivity contribution in [1.29, 1.82) is 0 Å². The Labute approximate surface area is 63.6 Å².